The van der Waals surface area contributed by atoms with Crippen molar-refractivity contribution in [3.8, 4) is 0 Å². The fourth-order valence-corrected chi connectivity index (χ4v) is 3.38. The molecule has 5 nitrogen and oxygen atoms in total. The van der Waals surface area contributed by atoms with Crippen LogP contribution >= 0.6 is 0 Å². The zero-order valence-corrected chi connectivity index (χ0v) is 17.1. The molecule has 1 amide bonds. The summed E-state index contributed by atoms with van der Waals surface area (Å²) in [5, 5.41) is 10.6. The summed E-state index contributed by atoms with van der Waals surface area (Å²) in [4.78, 5) is 14.0. The smallest absolute Gasteiger partial charge is 0.410 e. The Kier molecular flexibility index (Phi) is 6.32. The molecule has 0 spiro atoms. The van der Waals surface area contributed by atoms with Crippen molar-refractivity contribution in [1.82, 2.24) is 4.90 Å². The second-order valence-corrected chi connectivity index (χ2v) is 13.8. The molecule has 6 heteroatoms. The lowest BCUT2D eigenvalue weighted by molar-refractivity contribution is -0.00483. The summed E-state index contributed by atoms with van der Waals surface area (Å²) in [6.45, 7) is 17.3. The number of aliphatic hydroxyl groups is 1. The van der Waals surface area contributed by atoms with Gasteiger partial charge in [-0.15, -0.1) is 0 Å². The summed E-state index contributed by atoms with van der Waals surface area (Å²) in [5.74, 6) is 0. The number of likely N-dealkylation sites (tertiary alicyclic amines) is 1. The van der Waals surface area contributed by atoms with Gasteiger partial charge >= 0.3 is 6.09 Å². The number of rotatable bonds is 4. The molecule has 0 saturated carbocycles. The number of carbonyl (C=O) groups excluding carboxylic acids is 1. The molecule has 2 atom stereocenters. The van der Waals surface area contributed by atoms with E-state index in [9.17, 15) is 9.90 Å². The van der Waals surface area contributed by atoms with Crippen molar-refractivity contribution in [2.24, 2.45) is 0 Å². The van der Waals surface area contributed by atoms with E-state index in [0.29, 0.717) is 6.54 Å². The lowest BCUT2D eigenvalue weighted by Gasteiger charge is -2.38. The van der Waals surface area contributed by atoms with Gasteiger partial charge in [0.15, 0.2) is 8.32 Å². The molecule has 1 saturated heterocycles. The summed E-state index contributed by atoms with van der Waals surface area (Å²) in [5.41, 5.74) is -0.521. The summed E-state index contributed by atoms with van der Waals surface area (Å²) in [6.07, 6.45) is 0.674. The first-order valence-corrected chi connectivity index (χ1v) is 11.5. The molecular formula is C17H35NO4Si. The maximum Gasteiger partial charge on any atom is 0.410 e. The highest BCUT2D eigenvalue weighted by Gasteiger charge is 2.40. The van der Waals surface area contributed by atoms with Crippen molar-refractivity contribution in [1.29, 1.82) is 0 Å². The number of hydrogen-bond donors (Lipinski definition) is 1. The molecular weight excluding hydrogens is 310 g/mol. The molecule has 0 aromatic rings. The summed E-state index contributed by atoms with van der Waals surface area (Å²) in [7, 11) is -1.90. The molecule has 1 fully saturated rings. The van der Waals surface area contributed by atoms with E-state index in [1.165, 1.54) is 0 Å². The third kappa shape index (κ3) is 5.76. The normalized spacial score (nSPS) is 21.4. The highest BCUT2D eigenvalue weighted by molar-refractivity contribution is 6.74. The molecule has 0 bridgehead atoms. The minimum atomic E-state index is -1.90. The first kappa shape index (κ1) is 20.5. The second-order valence-electron chi connectivity index (χ2n) is 9.02. The molecule has 136 valence electrons. The van der Waals surface area contributed by atoms with Gasteiger partial charge in [-0.25, -0.2) is 4.79 Å². The van der Waals surface area contributed by atoms with Gasteiger partial charge in [0, 0.05) is 6.54 Å². The zero-order chi connectivity index (χ0) is 18.1. The van der Waals surface area contributed by atoms with Crippen LogP contribution in [-0.2, 0) is 9.16 Å². The fraction of sp³-hybridized carbons (Fsp3) is 0.941. The van der Waals surface area contributed by atoms with E-state index < -0.39 is 20.0 Å². The largest absolute Gasteiger partial charge is 0.444 e. The number of amides is 1. The van der Waals surface area contributed by atoms with Gasteiger partial charge < -0.3 is 19.2 Å². The van der Waals surface area contributed by atoms with E-state index in [1.54, 1.807) is 4.90 Å². The first-order valence-electron chi connectivity index (χ1n) is 8.56. The van der Waals surface area contributed by atoms with Gasteiger partial charge in [0.05, 0.1) is 18.8 Å². The van der Waals surface area contributed by atoms with Gasteiger partial charge in [-0.2, -0.15) is 0 Å². The number of aliphatic hydroxyl groups excluding tert-OH is 1. The Labute approximate surface area is 142 Å². The lowest BCUT2D eigenvalue weighted by Crippen LogP contribution is -2.49. The molecule has 0 aromatic carbocycles. The van der Waals surface area contributed by atoms with Crippen LogP contribution in [0, 0.1) is 0 Å². The molecule has 0 radical (unpaired) electrons. The van der Waals surface area contributed by atoms with Gasteiger partial charge in [0.1, 0.15) is 5.60 Å². The van der Waals surface area contributed by atoms with Crippen molar-refractivity contribution >= 4 is 14.4 Å². The topological polar surface area (TPSA) is 59.0 Å². The van der Waals surface area contributed by atoms with Crippen LogP contribution in [0.5, 0.6) is 0 Å². The minimum Gasteiger partial charge on any atom is -0.444 e. The van der Waals surface area contributed by atoms with E-state index in [0.717, 1.165) is 12.8 Å². The third-order valence-electron chi connectivity index (χ3n) is 4.79. The zero-order valence-electron chi connectivity index (χ0n) is 16.1. The maximum absolute atomic E-state index is 12.3. The van der Waals surface area contributed by atoms with Crippen molar-refractivity contribution in [2.45, 2.75) is 90.3 Å². The van der Waals surface area contributed by atoms with Crippen LogP contribution < -0.4 is 0 Å². The predicted molar refractivity (Wildman–Crippen MR) is 95.1 cm³/mol. The molecule has 1 aliphatic heterocycles. The number of carbonyl (C=O) groups is 1. The molecule has 23 heavy (non-hydrogen) atoms. The monoisotopic (exact) mass is 345 g/mol. The molecule has 1 N–H and O–H groups in total. The Bertz CT molecular complexity index is 412. The van der Waals surface area contributed by atoms with E-state index >= 15 is 0 Å². The molecule has 2 unspecified atom stereocenters. The average molecular weight is 346 g/mol. The van der Waals surface area contributed by atoms with Gasteiger partial charge in [-0.3, -0.25) is 0 Å². The van der Waals surface area contributed by atoms with Crippen LogP contribution in [0.2, 0.25) is 18.1 Å². The summed E-state index contributed by atoms with van der Waals surface area (Å²) < 4.78 is 11.6. The minimum absolute atomic E-state index is 0.104. The SMILES string of the molecule is CC(C)(C)OC(=O)N1CCCC1C(O)CO[Si](C)(C)C(C)(C)C. The maximum atomic E-state index is 12.3. The highest BCUT2D eigenvalue weighted by Crippen LogP contribution is 2.37. The van der Waals surface area contributed by atoms with E-state index in [1.807, 2.05) is 20.8 Å². The Morgan fingerprint density at radius 3 is 2.30 bits per heavy atom. The quantitative estimate of drug-likeness (QED) is 0.788. The Morgan fingerprint density at radius 2 is 1.83 bits per heavy atom. The number of nitrogens with zero attached hydrogens (tertiary/aromatic N) is 1. The van der Waals surface area contributed by atoms with Crippen LogP contribution in [-0.4, -0.2) is 55.3 Å². The Hall–Kier alpha value is -0.593. The van der Waals surface area contributed by atoms with Crippen LogP contribution in [0.4, 0.5) is 4.79 Å². The van der Waals surface area contributed by atoms with Crippen LogP contribution in [0.3, 0.4) is 0 Å². The average Bonchev–Trinajstić information content (AvgIpc) is 2.81. The van der Waals surface area contributed by atoms with Crippen LogP contribution in [0.1, 0.15) is 54.4 Å². The predicted octanol–water partition coefficient (Wildman–Crippen LogP) is 3.77. The Morgan fingerprint density at radius 1 is 1.26 bits per heavy atom. The molecule has 1 aliphatic rings. The second kappa shape index (κ2) is 7.11. The standard InChI is InChI=1S/C17H35NO4Si/c1-16(2,3)22-15(20)18-11-9-10-13(18)14(19)12-21-23(7,8)17(4,5)6/h13-14,19H,9-12H2,1-8H3. The van der Waals surface area contributed by atoms with Gasteiger partial charge in [0.25, 0.3) is 0 Å². The molecule has 1 rings (SSSR count). The molecule has 0 aliphatic carbocycles. The van der Waals surface area contributed by atoms with Crippen molar-refractivity contribution in [2.75, 3.05) is 13.2 Å². The highest BCUT2D eigenvalue weighted by atomic mass is 28.4. The van der Waals surface area contributed by atoms with Crippen LogP contribution in [0.25, 0.3) is 0 Å². The molecule has 1 heterocycles. The van der Waals surface area contributed by atoms with Gasteiger partial charge in [-0.05, 0) is 51.7 Å². The van der Waals surface area contributed by atoms with Crippen molar-refractivity contribution in [3.05, 3.63) is 0 Å². The fourth-order valence-electron chi connectivity index (χ4n) is 2.36. The Balaban J connectivity index is 2.64. The van der Waals surface area contributed by atoms with E-state index in [2.05, 4.69) is 33.9 Å². The summed E-state index contributed by atoms with van der Waals surface area (Å²) in [6, 6.07) is -0.213. The number of ether oxygens (including phenoxy) is 1. The van der Waals surface area contributed by atoms with Crippen molar-refractivity contribution in [3.63, 3.8) is 0 Å². The third-order valence-corrected chi connectivity index (χ3v) is 9.29. The first-order chi connectivity index (χ1) is 10.2. The summed E-state index contributed by atoms with van der Waals surface area (Å²) >= 11 is 0. The van der Waals surface area contributed by atoms with Gasteiger partial charge in [-0.1, -0.05) is 20.8 Å². The van der Waals surface area contributed by atoms with Crippen LogP contribution in [0.15, 0.2) is 0 Å². The lowest BCUT2D eigenvalue weighted by atomic mass is 10.1. The van der Waals surface area contributed by atoms with Gasteiger partial charge in [0.2, 0.25) is 0 Å². The van der Waals surface area contributed by atoms with E-state index in [-0.39, 0.29) is 23.8 Å². The van der Waals surface area contributed by atoms with E-state index in [4.69, 9.17) is 9.16 Å². The molecule has 0 aromatic heterocycles. The number of hydrogen-bond acceptors (Lipinski definition) is 4. The van der Waals surface area contributed by atoms with Crippen molar-refractivity contribution < 1.29 is 19.1 Å².